The van der Waals surface area contributed by atoms with Crippen molar-refractivity contribution in [1.29, 1.82) is 0 Å². The molecule has 0 bridgehead atoms. The molecular formula is C10H17N3O5. The van der Waals surface area contributed by atoms with Crippen molar-refractivity contribution in [3.8, 4) is 0 Å². The number of carboxylic acids is 1. The first-order valence-electron chi connectivity index (χ1n) is 5.31. The molecule has 0 unspecified atom stereocenters. The summed E-state index contributed by atoms with van der Waals surface area (Å²) in [6.07, 6.45) is 0. The number of hydrogen-bond acceptors (Lipinski definition) is 4. The van der Waals surface area contributed by atoms with Crippen LogP contribution in [0.15, 0.2) is 0 Å². The molecule has 0 aliphatic rings. The molecule has 0 spiro atoms. The molecule has 0 aromatic rings. The van der Waals surface area contributed by atoms with Gasteiger partial charge in [-0.3, -0.25) is 19.2 Å². The molecule has 2 atom stereocenters. The molecule has 3 amide bonds. The van der Waals surface area contributed by atoms with Crippen LogP contribution in [0, 0.1) is 0 Å². The summed E-state index contributed by atoms with van der Waals surface area (Å²) >= 11 is 0. The van der Waals surface area contributed by atoms with E-state index in [2.05, 4.69) is 16.0 Å². The van der Waals surface area contributed by atoms with E-state index in [0.717, 1.165) is 0 Å². The summed E-state index contributed by atoms with van der Waals surface area (Å²) in [5.41, 5.74) is 0. The molecule has 18 heavy (non-hydrogen) atoms. The fourth-order valence-electron chi connectivity index (χ4n) is 1.05. The Hall–Kier alpha value is -2.12. The molecule has 0 aliphatic carbocycles. The van der Waals surface area contributed by atoms with Gasteiger partial charge in [0.05, 0.1) is 6.54 Å². The second-order valence-electron chi connectivity index (χ2n) is 3.77. The number of aliphatic carboxylic acids is 1. The maximum absolute atomic E-state index is 11.4. The number of amides is 3. The van der Waals surface area contributed by atoms with E-state index >= 15 is 0 Å². The molecule has 0 radical (unpaired) electrons. The van der Waals surface area contributed by atoms with Crippen molar-refractivity contribution in [1.82, 2.24) is 16.0 Å². The van der Waals surface area contributed by atoms with Crippen LogP contribution in [0.3, 0.4) is 0 Å². The molecule has 0 rings (SSSR count). The van der Waals surface area contributed by atoms with Gasteiger partial charge in [0.25, 0.3) is 0 Å². The molecule has 4 N–H and O–H groups in total. The molecule has 0 aliphatic heterocycles. The molecule has 0 aromatic heterocycles. The SMILES string of the molecule is CC(=O)N[C@H](C)C(=O)NCC(=O)N[C@H](C)C(=O)O. The number of hydrogen-bond donors (Lipinski definition) is 4. The fraction of sp³-hybridized carbons (Fsp3) is 0.600. The van der Waals surface area contributed by atoms with E-state index in [1.807, 2.05) is 0 Å². The second kappa shape index (κ2) is 7.25. The highest BCUT2D eigenvalue weighted by Crippen LogP contribution is 1.83. The van der Waals surface area contributed by atoms with Crippen LogP contribution < -0.4 is 16.0 Å². The summed E-state index contributed by atoms with van der Waals surface area (Å²) in [7, 11) is 0. The lowest BCUT2D eigenvalue weighted by Crippen LogP contribution is -2.48. The third-order valence-corrected chi connectivity index (χ3v) is 1.98. The van der Waals surface area contributed by atoms with Gasteiger partial charge in [0.1, 0.15) is 12.1 Å². The Morgan fingerprint density at radius 3 is 2.06 bits per heavy atom. The summed E-state index contributed by atoms with van der Waals surface area (Å²) < 4.78 is 0. The lowest BCUT2D eigenvalue weighted by Gasteiger charge is -2.13. The van der Waals surface area contributed by atoms with Gasteiger partial charge in [-0.25, -0.2) is 0 Å². The molecule has 0 aromatic carbocycles. The van der Waals surface area contributed by atoms with Gasteiger partial charge in [0, 0.05) is 6.92 Å². The van der Waals surface area contributed by atoms with Crippen molar-refractivity contribution >= 4 is 23.7 Å². The van der Waals surface area contributed by atoms with Crippen LogP contribution in [0.5, 0.6) is 0 Å². The van der Waals surface area contributed by atoms with Crippen LogP contribution in [0.1, 0.15) is 20.8 Å². The highest BCUT2D eigenvalue weighted by Gasteiger charge is 2.17. The molecular weight excluding hydrogens is 242 g/mol. The van der Waals surface area contributed by atoms with Gasteiger partial charge in [-0.1, -0.05) is 0 Å². The molecule has 0 saturated heterocycles. The van der Waals surface area contributed by atoms with Gasteiger partial charge in [-0.05, 0) is 13.8 Å². The Labute approximate surface area is 104 Å². The average Bonchev–Trinajstić information content (AvgIpc) is 2.24. The van der Waals surface area contributed by atoms with Crippen molar-refractivity contribution in [3.05, 3.63) is 0 Å². The van der Waals surface area contributed by atoms with E-state index in [1.54, 1.807) is 0 Å². The molecule has 0 heterocycles. The minimum Gasteiger partial charge on any atom is -0.480 e. The Morgan fingerprint density at radius 2 is 1.61 bits per heavy atom. The van der Waals surface area contributed by atoms with Crippen molar-refractivity contribution < 1.29 is 24.3 Å². The van der Waals surface area contributed by atoms with E-state index in [-0.39, 0.29) is 12.5 Å². The Bertz CT molecular complexity index is 355. The summed E-state index contributed by atoms with van der Waals surface area (Å²) in [6, 6.07) is -1.78. The van der Waals surface area contributed by atoms with Gasteiger partial charge < -0.3 is 21.1 Å². The average molecular weight is 259 g/mol. The van der Waals surface area contributed by atoms with Crippen LogP contribution in [0.4, 0.5) is 0 Å². The fourth-order valence-corrected chi connectivity index (χ4v) is 1.05. The van der Waals surface area contributed by atoms with Gasteiger partial charge in [0.15, 0.2) is 0 Å². The van der Waals surface area contributed by atoms with E-state index in [9.17, 15) is 19.2 Å². The van der Waals surface area contributed by atoms with E-state index in [1.165, 1.54) is 20.8 Å². The maximum Gasteiger partial charge on any atom is 0.325 e. The third-order valence-electron chi connectivity index (χ3n) is 1.98. The van der Waals surface area contributed by atoms with Crippen LogP contribution in [0.25, 0.3) is 0 Å². The Balaban J connectivity index is 4.02. The van der Waals surface area contributed by atoms with Crippen molar-refractivity contribution in [2.24, 2.45) is 0 Å². The van der Waals surface area contributed by atoms with Crippen molar-refractivity contribution in [2.75, 3.05) is 6.54 Å². The molecule has 8 heteroatoms. The van der Waals surface area contributed by atoms with Gasteiger partial charge in [-0.2, -0.15) is 0 Å². The van der Waals surface area contributed by atoms with Crippen LogP contribution >= 0.6 is 0 Å². The van der Waals surface area contributed by atoms with Crippen LogP contribution in [0.2, 0.25) is 0 Å². The van der Waals surface area contributed by atoms with Crippen LogP contribution in [-0.2, 0) is 19.2 Å². The Kier molecular flexibility index (Phi) is 6.40. The second-order valence-corrected chi connectivity index (χ2v) is 3.77. The zero-order valence-corrected chi connectivity index (χ0v) is 10.4. The van der Waals surface area contributed by atoms with E-state index in [0.29, 0.717) is 0 Å². The summed E-state index contributed by atoms with van der Waals surface area (Å²) in [6.45, 7) is 3.70. The van der Waals surface area contributed by atoms with Crippen molar-refractivity contribution in [2.45, 2.75) is 32.9 Å². The predicted octanol–water partition coefficient (Wildman–Crippen LogP) is -1.78. The highest BCUT2D eigenvalue weighted by atomic mass is 16.4. The van der Waals surface area contributed by atoms with Crippen molar-refractivity contribution in [3.63, 3.8) is 0 Å². The highest BCUT2D eigenvalue weighted by molar-refractivity contribution is 5.90. The lowest BCUT2D eigenvalue weighted by molar-refractivity contribution is -0.141. The number of nitrogens with one attached hydrogen (secondary N) is 3. The lowest BCUT2D eigenvalue weighted by atomic mass is 10.3. The summed E-state index contributed by atoms with van der Waals surface area (Å²) in [5.74, 6) is -2.67. The van der Waals surface area contributed by atoms with Gasteiger partial charge >= 0.3 is 5.97 Å². The maximum atomic E-state index is 11.4. The monoisotopic (exact) mass is 259 g/mol. The van der Waals surface area contributed by atoms with Crippen LogP contribution in [-0.4, -0.2) is 47.4 Å². The largest absolute Gasteiger partial charge is 0.480 e. The number of rotatable bonds is 6. The standard InChI is InChI=1S/C10H17N3O5/c1-5(12-7(3)14)9(16)11-4-8(15)13-6(2)10(17)18/h5-6H,4H2,1-3H3,(H,11,16)(H,12,14)(H,13,15)(H,17,18)/t5-,6-/m1/s1. The zero-order chi connectivity index (χ0) is 14.3. The third kappa shape index (κ3) is 6.46. The molecule has 8 nitrogen and oxygen atoms in total. The number of carbonyl (C=O) groups is 4. The normalized spacial score (nSPS) is 13.1. The minimum absolute atomic E-state index is 0.347. The minimum atomic E-state index is -1.17. The first-order chi connectivity index (χ1) is 8.23. The van der Waals surface area contributed by atoms with E-state index in [4.69, 9.17) is 5.11 Å². The smallest absolute Gasteiger partial charge is 0.325 e. The Morgan fingerprint density at radius 1 is 1.06 bits per heavy atom. The zero-order valence-electron chi connectivity index (χ0n) is 10.4. The van der Waals surface area contributed by atoms with Gasteiger partial charge in [-0.15, -0.1) is 0 Å². The molecule has 0 fully saturated rings. The predicted molar refractivity (Wildman–Crippen MR) is 61.5 cm³/mol. The topological polar surface area (TPSA) is 125 Å². The summed E-state index contributed by atoms with van der Waals surface area (Å²) in [5, 5.41) is 15.3. The van der Waals surface area contributed by atoms with E-state index < -0.39 is 29.9 Å². The first-order valence-corrected chi connectivity index (χ1v) is 5.31. The first kappa shape index (κ1) is 15.9. The van der Waals surface area contributed by atoms with Gasteiger partial charge in [0.2, 0.25) is 17.7 Å². The quantitative estimate of drug-likeness (QED) is 0.448. The molecule has 102 valence electrons. The summed E-state index contributed by atoms with van der Waals surface area (Å²) in [4.78, 5) is 43.7. The number of carboxylic acid groups (broad SMARTS) is 1. The molecule has 0 saturated carbocycles. The number of carbonyl (C=O) groups excluding carboxylic acids is 3.